The first-order valence-electron chi connectivity index (χ1n) is 6.25. The molecule has 21 heavy (non-hydrogen) atoms. The summed E-state index contributed by atoms with van der Waals surface area (Å²) in [6, 6.07) is 6.83. The molecule has 0 saturated carbocycles. The van der Waals surface area contributed by atoms with Crippen LogP contribution >= 0.6 is 27.3 Å². The number of fused-ring (bicyclic) bond motifs is 1. The van der Waals surface area contributed by atoms with Crippen molar-refractivity contribution in [3.63, 3.8) is 0 Å². The zero-order valence-electron chi connectivity index (χ0n) is 11.4. The molecule has 7 heteroatoms. The van der Waals surface area contributed by atoms with Crippen LogP contribution in [0.15, 0.2) is 28.7 Å². The maximum atomic E-state index is 14.0. The van der Waals surface area contributed by atoms with Gasteiger partial charge in [0.05, 0.1) is 11.1 Å². The standard InChI is InChI=1S/C14H12BrFN4S/c1-7-6-8-12(19-14(17-2)20-13(8)21-7)18-11-9(15)4-3-5-10(11)16/h3-6H,1-2H3,(H2,17,18,19,20). The average molecular weight is 367 g/mol. The highest BCUT2D eigenvalue weighted by molar-refractivity contribution is 9.10. The van der Waals surface area contributed by atoms with Gasteiger partial charge in [0.1, 0.15) is 16.5 Å². The molecule has 2 heterocycles. The van der Waals surface area contributed by atoms with E-state index in [1.807, 2.05) is 13.0 Å². The number of aromatic nitrogens is 2. The van der Waals surface area contributed by atoms with Crippen LogP contribution in [0, 0.1) is 12.7 Å². The van der Waals surface area contributed by atoms with Crippen molar-refractivity contribution in [1.82, 2.24) is 9.97 Å². The Balaban J connectivity index is 2.15. The van der Waals surface area contributed by atoms with E-state index in [0.29, 0.717) is 21.9 Å². The number of rotatable bonds is 3. The molecule has 0 aliphatic heterocycles. The summed E-state index contributed by atoms with van der Waals surface area (Å²) >= 11 is 4.93. The molecule has 3 aromatic rings. The normalized spacial score (nSPS) is 10.9. The molecule has 0 aliphatic carbocycles. The third-order valence-electron chi connectivity index (χ3n) is 2.95. The summed E-state index contributed by atoms with van der Waals surface area (Å²) in [5, 5.41) is 6.87. The van der Waals surface area contributed by atoms with Crippen molar-refractivity contribution in [2.24, 2.45) is 0 Å². The van der Waals surface area contributed by atoms with E-state index in [9.17, 15) is 4.39 Å². The maximum absolute atomic E-state index is 14.0. The molecule has 0 unspecified atom stereocenters. The van der Waals surface area contributed by atoms with Gasteiger partial charge in [-0.1, -0.05) is 6.07 Å². The molecular weight excluding hydrogens is 355 g/mol. The number of para-hydroxylation sites is 1. The predicted octanol–water partition coefficient (Wildman–Crippen LogP) is 4.69. The van der Waals surface area contributed by atoms with Crippen LogP contribution in [-0.2, 0) is 0 Å². The third-order valence-corrected chi connectivity index (χ3v) is 4.55. The first-order chi connectivity index (χ1) is 10.1. The van der Waals surface area contributed by atoms with Crippen LogP contribution in [0.4, 0.5) is 21.8 Å². The van der Waals surface area contributed by atoms with E-state index in [4.69, 9.17) is 0 Å². The lowest BCUT2D eigenvalue weighted by Crippen LogP contribution is -2.02. The number of hydrogen-bond donors (Lipinski definition) is 2. The second-order valence-electron chi connectivity index (χ2n) is 4.44. The zero-order valence-corrected chi connectivity index (χ0v) is 13.8. The average Bonchev–Trinajstić information content (AvgIpc) is 2.83. The Bertz CT molecular complexity index is 798. The molecule has 0 spiro atoms. The van der Waals surface area contributed by atoms with Gasteiger partial charge in [0.25, 0.3) is 0 Å². The largest absolute Gasteiger partial charge is 0.357 e. The first kappa shape index (κ1) is 14.2. The van der Waals surface area contributed by atoms with Crippen LogP contribution in [0.5, 0.6) is 0 Å². The first-order valence-corrected chi connectivity index (χ1v) is 7.86. The quantitative estimate of drug-likeness (QED) is 0.705. The van der Waals surface area contributed by atoms with E-state index in [2.05, 4.69) is 36.5 Å². The summed E-state index contributed by atoms with van der Waals surface area (Å²) < 4.78 is 14.6. The molecule has 2 aromatic heterocycles. The number of halogens is 2. The molecule has 0 amide bonds. The fourth-order valence-electron chi connectivity index (χ4n) is 1.98. The predicted molar refractivity (Wildman–Crippen MR) is 89.1 cm³/mol. The molecule has 0 radical (unpaired) electrons. The van der Waals surface area contributed by atoms with Crippen LogP contribution in [-0.4, -0.2) is 17.0 Å². The molecule has 0 bridgehead atoms. The molecular formula is C14H12BrFN4S. The number of aryl methyl sites for hydroxylation is 1. The minimum absolute atomic E-state index is 0.339. The Hall–Kier alpha value is -1.73. The van der Waals surface area contributed by atoms with Crippen molar-refractivity contribution < 1.29 is 4.39 Å². The van der Waals surface area contributed by atoms with Crippen LogP contribution in [0.25, 0.3) is 10.2 Å². The smallest absolute Gasteiger partial charge is 0.225 e. The van der Waals surface area contributed by atoms with Crippen molar-refractivity contribution in [1.29, 1.82) is 0 Å². The van der Waals surface area contributed by atoms with Crippen LogP contribution in [0.1, 0.15) is 4.88 Å². The Kier molecular flexibility index (Phi) is 3.77. The second-order valence-corrected chi connectivity index (χ2v) is 6.53. The summed E-state index contributed by atoms with van der Waals surface area (Å²) in [6.45, 7) is 2.01. The lowest BCUT2D eigenvalue weighted by molar-refractivity contribution is 0.631. The fourth-order valence-corrected chi connectivity index (χ4v) is 3.31. The summed E-state index contributed by atoms with van der Waals surface area (Å²) in [5.74, 6) is 0.743. The van der Waals surface area contributed by atoms with Crippen molar-refractivity contribution in [3.05, 3.63) is 39.4 Å². The van der Waals surface area contributed by atoms with E-state index in [1.165, 1.54) is 6.07 Å². The molecule has 0 aliphatic rings. The third kappa shape index (κ3) is 2.71. The second kappa shape index (κ2) is 5.57. The van der Waals surface area contributed by atoms with E-state index in [1.54, 1.807) is 30.5 Å². The topological polar surface area (TPSA) is 49.8 Å². The molecule has 0 atom stereocenters. The van der Waals surface area contributed by atoms with Gasteiger partial charge in [0, 0.05) is 16.4 Å². The number of nitrogens with one attached hydrogen (secondary N) is 2. The molecule has 3 rings (SSSR count). The number of nitrogens with zero attached hydrogens (tertiary/aromatic N) is 2. The van der Waals surface area contributed by atoms with Crippen LogP contribution < -0.4 is 10.6 Å². The summed E-state index contributed by atoms with van der Waals surface area (Å²) in [4.78, 5) is 10.8. The maximum Gasteiger partial charge on any atom is 0.225 e. The van der Waals surface area contributed by atoms with Crippen molar-refractivity contribution in [3.8, 4) is 0 Å². The minimum Gasteiger partial charge on any atom is -0.357 e. The summed E-state index contributed by atoms with van der Waals surface area (Å²) in [6.07, 6.45) is 0. The number of hydrogen-bond acceptors (Lipinski definition) is 5. The number of anilines is 3. The lowest BCUT2D eigenvalue weighted by atomic mass is 10.3. The Labute approximate surface area is 133 Å². The molecule has 4 nitrogen and oxygen atoms in total. The SMILES string of the molecule is CNc1nc(Nc2c(F)cccc2Br)c2cc(C)sc2n1. The van der Waals surface area contributed by atoms with Crippen LogP contribution in [0.3, 0.4) is 0 Å². The Morgan fingerprint density at radius 1 is 1.29 bits per heavy atom. The highest BCUT2D eigenvalue weighted by Crippen LogP contribution is 2.34. The van der Waals surface area contributed by atoms with Gasteiger partial charge < -0.3 is 10.6 Å². The van der Waals surface area contributed by atoms with E-state index in [0.717, 1.165) is 15.1 Å². The molecule has 0 saturated heterocycles. The van der Waals surface area contributed by atoms with Gasteiger partial charge in [-0.05, 0) is 41.1 Å². The minimum atomic E-state index is -0.339. The van der Waals surface area contributed by atoms with Crippen molar-refractivity contribution in [2.75, 3.05) is 17.7 Å². The zero-order chi connectivity index (χ0) is 15.0. The van der Waals surface area contributed by atoms with E-state index in [-0.39, 0.29) is 5.82 Å². The van der Waals surface area contributed by atoms with Gasteiger partial charge in [-0.15, -0.1) is 11.3 Å². The highest BCUT2D eigenvalue weighted by atomic mass is 79.9. The van der Waals surface area contributed by atoms with Gasteiger partial charge >= 0.3 is 0 Å². The molecule has 1 aromatic carbocycles. The Morgan fingerprint density at radius 3 is 2.81 bits per heavy atom. The van der Waals surface area contributed by atoms with E-state index >= 15 is 0 Å². The summed E-state index contributed by atoms with van der Waals surface area (Å²) in [5.41, 5.74) is 0.364. The van der Waals surface area contributed by atoms with Crippen molar-refractivity contribution >= 4 is 54.9 Å². The number of thiophene rings is 1. The monoisotopic (exact) mass is 366 g/mol. The fraction of sp³-hybridized carbons (Fsp3) is 0.143. The van der Waals surface area contributed by atoms with Crippen LogP contribution in [0.2, 0.25) is 0 Å². The van der Waals surface area contributed by atoms with Crippen molar-refractivity contribution in [2.45, 2.75) is 6.92 Å². The molecule has 0 fully saturated rings. The van der Waals surface area contributed by atoms with Gasteiger partial charge in [-0.25, -0.2) is 9.37 Å². The highest BCUT2D eigenvalue weighted by Gasteiger charge is 2.13. The molecule has 2 N–H and O–H groups in total. The molecule has 108 valence electrons. The van der Waals surface area contributed by atoms with Gasteiger partial charge in [0.2, 0.25) is 5.95 Å². The van der Waals surface area contributed by atoms with E-state index < -0.39 is 0 Å². The summed E-state index contributed by atoms with van der Waals surface area (Å²) in [7, 11) is 1.75. The van der Waals surface area contributed by atoms with Gasteiger partial charge in [0.15, 0.2) is 0 Å². The van der Waals surface area contributed by atoms with Gasteiger partial charge in [-0.2, -0.15) is 4.98 Å². The Morgan fingerprint density at radius 2 is 2.10 bits per heavy atom. The number of benzene rings is 1. The van der Waals surface area contributed by atoms with Gasteiger partial charge in [-0.3, -0.25) is 0 Å². The lowest BCUT2D eigenvalue weighted by Gasteiger charge is -2.11.